The zero-order valence-electron chi connectivity index (χ0n) is 5.53. The molecule has 0 spiro atoms. The molecule has 0 fully saturated rings. The number of aryl methyl sites for hydroxylation is 1. The van der Waals surface area contributed by atoms with Gasteiger partial charge in [0, 0.05) is 9.75 Å². The number of aliphatic hydroxyl groups is 1. The highest BCUT2D eigenvalue weighted by molar-refractivity contribution is 7.12. The lowest BCUT2D eigenvalue weighted by Gasteiger charge is -1.92. The van der Waals surface area contributed by atoms with E-state index in [9.17, 15) is 0 Å². The molecule has 0 aliphatic heterocycles. The van der Waals surface area contributed by atoms with Crippen LogP contribution in [0.1, 0.15) is 15.9 Å². The largest absolute Gasteiger partial charge is 0.373 e. The summed E-state index contributed by atoms with van der Waals surface area (Å²) in [4.78, 5) is 1.84. The second kappa shape index (κ2) is 2.82. The van der Waals surface area contributed by atoms with Crippen LogP contribution in [0.5, 0.6) is 0 Å². The van der Waals surface area contributed by atoms with Crippen molar-refractivity contribution in [2.75, 3.05) is 0 Å². The van der Waals surface area contributed by atoms with E-state index in [-0.39, 0.29) is 0 Å². The standard InChI is InChI=1S/C7H7NOS/c1-5-2-3-7(10-5)6(9)4-8/h2-3,6,9H,1H3/t6-/m1/s1. The van der Waals surface area contributed by atoms with Gasteiger partial charge in [-0.05, 0) is 19.1 Å². The molecular formula is C7H7NOS. The van der Waals surface area contributed by atoms with Crippen LogP contribution < -0.4 is 0 Å². The molecule has 0 radical (unpaired) electrons. The maximum absolute atomic E-state index is 8.99. The van der Waals surface area contributed by atoms with Crippen molar-refractivity contribution < 1.29 is 5.11 Å². The molecule has 52 valence electrons. The molecule has 0 aliphatic rings. The zero-order valence-corrected chi connectivity index (χ0v) is 6.35. The van der Waals surface area contributed by atoms with Gasteiger partial charge < -0.3 is 5.11 Å². The highest BCUT2D eigenvalue weighted by atomic mass is 32.1. The van der Waals surface area contributed by atoms with Crippen LogP contribution in [-0.4, -0.2) is 5.11 Å². The number of thiophene rings is 1. The Kier molecular flexibility index (Phi) is 2.05. The first-order valence-electron chi connectivity index (χ1n) is 2.88. The van der Waals surface area contributed by atoms with Gasteiger partial charge in [-0.1, -0.05) is 0 Å². The van der Waals surface area contributed by atoms with E-state index in [1.54, 1.807) is 12.1 Å². The molecule has 1 heterocycles. The van der Waals surface area contributed by atoms with Crippen molar-refractivity contribution in [2.24, 2.45) is 0 Å². The molecule has 0 bridgehead atoms. The summed E-state index contributed by atoms with van der Waals surface area (Å²) in [6.07, 6.45) is -0.946. The number of nitriles is 1. The average molecular weight is 153 g/mol. The molecule has 1 N–H and O–H groups in total. The monoisotopic (exact) mass is 153 g/mol. The van der Waals surface area contributed by atoms with Gasteiger partial charge in [-0.25, -0.2) is 0 Å². The predicted molar refractivity (Wildman–Crippen MR) is 39.6 cm³/mol. The van der Waals surface area contributed by atoms with Crippen molar-refractivity contribution in [1.82, 2.24) is 0 Å². The van der Waals surface area contributed by atoms with Crippen LogP contribution in [0.15, 0.2) is 12.1 Å². The van der Waals surface area contributed by atoms with Gasteiger partial charge in [0.15, 0.2) is 6.10 Å². The van der Waals surface area contributed by atoms with E-state index in [1.807, 2.05) is 13.0 Å². The Morgan fingerprint density at radius 1 is 1.70 bits per heavy atom. The van der Waals surface area contributed by atoms with Crippen molar-refractivity contribution in [3.63, 3.8) is 0 Å². The Morgan fingerprint density at radius 2 is 2.40 bits per heavy atom. The normalized spacial score (nSPS) is 12.5. The fraction of sp³-hybridized carbons (Fsp3) is 0.286. The van der Waals surface area contributed by atoms with Crippen LogP contribution in [0.2, 0.25) is 0 Å². The number of hydrogen-bond donors (Lipinski definition) is 1. The van der Waals surface area contributed by atoms with E-state index < -0.39 is 6.10 Å². The third-order valence-electron chi connectivity index (χ3n) is 1.15. The summed E-state index contributed by atoms with van der Waals surface area (Å²) in [6, 6.07) is 5.42. The third-order valence-corrected chi connectivity index (χ3v) is 2.21. The molecule has 2 nitrogen and oxygen atoms in total. The minimum absolute atomic E-state index is 0.722. The number of aliphatic hydroxyl groups excluding tert-OH is 1. The first kappa shape index (κ1) is 7.26. The second-order valence-corrected chi connectivity index (χ2v) is 3.30. The SMILES string of the molecule is Cc1ccc([C@H](O)C#N)s1. The van der Waals surface area contributed by atoms with E-state index in [0.717, 1.165) is 9.75 Å². The Labute approximate surface area is 63.4 Å². The maximum Gasteiger partial charge on any atom is 0.175 e. The first-order valence-corrected chi connectivity index (χ1v) is 3.69. The van der Waals surface area contributed by atoms with Crippen LogP contribution in [0, 0.1) is 18.3 Å². The molecule has 1 aromatic heterocycles. The first-order chi connectivity index (χ1) is 4.74. The molecule has 0 saturated heterocycles. The molecule has 0 saturated carbocycles. The van der Waals surface area contributed by atoms with E-state index in [4.69, 9.17) is 10.4 Å². The molecule has 10 heavy (non-hydrogen) atoms. The van der Waals surface area contributed by atoms with Crippen molar-refractivity contribution in [3.05, 3.63) is 21.9 Å². The van der Waals surface area contributed by atoms with Crippen molar-refractivity contribution in [1.29, 1.82) is 5.26 Å². The Hall–Kier alpha value is -0.850. The Bertz CT molecular complexity index is 261. The van der Waals surface area contributed by atoms with E-state index in [2.05, 4.69) is 0 Å². The fourth-order valence-corrected chi connectivity index (χ4v) is 1.47. The summed E-state index contributed by atoms with van der Waals surface area (Å²) in [5.41, 5.74) is 0. The fourth-order valence-electron chi connectivity index (χ4n) is 0.664. The molecule has 3 heteroatoms. The highest BCUT2D eigenvalue weighted by Crippen LogP contribution is 2.21. The number of hydrogen-bond acceptors (Lipinski definition) is 3. The van der Waals surface area contributed by atoms with Crippen LogP contribution in [0.4, 0.5) is 0 Å². The Morgan fingerprint density at radius 3 is 2.80 bits per heavy atom. The van der Waals surface area contributed by atoms with Crippen LogP contribution in [-0.2, 0) is 0 Å². The van der Waals surface area contributed by atoms with Gasteiger partial charge in [0.2, 0.25) is 0 Å². The van der Waals surface area contributed by atoms with Gasteiger partial charge in [-0.3, -0.25) is 0 Å². The summed E-state index contributed by atoms with van der Waals surface area (Å²) >= 11 is 1.45. The van der Waals surface area contributed by atoms with E-state index in [1.165, 1.54) is 11.3 Å². The molecule has 0 aromatic carbocycles. The number of rotatable bonds is 1. The lowest BCUT2D eigenvalue weighted by molar-refractivity contribution is 0.240. The lowest BCUT2D eigenvalue weighted by Crippen LogP contribution is -1.86. The number of nitrogens with zero attached hydrogens (tertiary/aromatic N) is 1. The van der Waals surface area contributed by atoms with Gasteiger partial charge in [0.1, 0.15) is 0 Å². The minimum Gasteiger partial charge on any atom is -0.373 e. The molecule has 1 aromatic rings. The Balaban J connectivity index is 2.87. The second-order valence-electron chi connectivity index (χ2n) is 1.98. The van der Waals surface area contributed by atoms with Crippen LogP contribution in [0.3, 0.4) is 0 Å². The van der Waals surface area contributed by atoms with Crippen molar-refractivity contribution in [2.45, 2.75) is 13.0 Å². The van der Waals surface area contributed by atoms with E-state index in [0.29, 0.717) is 0 Å². The molecule has 1 atom stereocenters. The van der Waals surface area contributed by atoms with Gasteiger partial charge in [0.25, 0.3) is 0 Å². The molecular weight excluding hydrogens is 146 g/mol. The summed E-state index contributed by atoms with van der Waals surface area (Å²) < 4.78 is 0. The summed E-state index contributed by atoms with van der Waals surface area (Å²) in [5.74, 6) is 0. The highest BCUT2D eigenvalue weighted by Gasteiger charge is 2.06. The minimum atomic E-state index is -0.946. The lowest BCUT2D eigenvalue weighted by atomic mass is 10.3. The van der Waals surface area contributed by atoms with Crippen LogP contribution in [0.25, 0.3) is 0 Å². The van der Waals surface area contributed by atoms with Gasteiger partial charge in [0.05, 0.1) is 6.07 Å². The summed E-state index contributed by atoms with van der Waals surface area (Å²) in [5, 5.41) is 17.3. The predicted octanol–water partition coefficient (Wildman–Crippen LogP) is 1.61. The van der Waals surface area contributed by atoms with Crippen molar-refractivity contribution >= 4 is 11.3 Å². The zero-order chi connectivity index (χ0) is 7.56. The van der Waals surface area contributed by atoms with Crippen molar-refractivity contribution in [3.8, 4) is 6.07 Å². The van der Waals surface area contributed by atoms with E-state index >= 15 is 0 Å². The summed E-state index contributed by atoms with van der Waals surface area (Å²) in [6.45, 7) is 1.94. The average Bonchev–Trinajstić information content (AvgIpc) is 2.34. The van der Waals surface area contributed by atoms with Crippen LogP contribution >= 0.6 is 11.3 Å². The topological polar surface area (TPSA) is 44.0 Å². The molecule has 0 amide bonds. The third kappa shape index (κ3) is 1.35. The molecule has 0 unspecified atom stereocenters. The van der Waals surface area contributed by atoms with Gasteiger partial charge >= 0.3 is 0 Å². The maximum atomic E-state index is 8.99. The van der Waals surface area contributed by atoms with Gasteiger partial charge in [-0.2, -0.15) is 5.26 Å². The smallest absolute Gasteiger partial charge is 0.175 e. The molecule has 1 rings (SSSR count). The quantitative estimate of drug-likeness (QED) is 0.623. The summed E-state index contributed by atoms with van der Waals surface area (Å²) in [7, 11) is 0. The molecule has 0 aliphatic carbocycles. The van der Waals surface area contributed by atoms with Gasteiger partial charge in [-0.15, -0.1) is 11.3 Å².